The summed E-state index contributed by atoms with van der Waals surface area (Å²) >= 11 is 6.09. The molecule has 23 heavy (non-hydrogen) atoms. The second-order valence-electron chi connectivity index (χ2n) is 5.41. The third-order valence-electron chi connectivity index (χ3n) is 3.55. The molecular formula is C17H20ClNO4. The average molecular weight is 338 g/mol. The number of esters is 1. The first-order chi connectivity index (χ1) is 10.9. The molecule has 0 radical (unpaired) electrons. The number of likely N-dealkylation sites (N-methyl/N-ethyl adjacent to an activating group) is 1. The molecule has 0 aliphatic rings. The van der Waals surface area contributed by atoms with E-state index in [2.05, 4.69) is 0 Å². The number of carbonyl (C=O) groups excluding carboxylic acids is 1. The Kier molecular flexibility index (Phi) is 5.82. The minimum atomic E-state index is -0.704. The molecule has 6 heteroatoms. The average Bonchev–Trinajstić information content (AvgIpc) is 2.87. The minimum Gasteiger partial charge on any atom is -0.465 e. The summed E-state index contributed by atoms with van der Waals surface area (Å²) in [6.45, 7) is 2.56. The standard InChI is InChI=1S/C17H20ClNO4/c1-11-14(17(21)22-3)8-12(23-11)9-19(2)10-16(20)13-6-4-5-7-15(13)18/h4-8,16,20H,9-10H2,1-3H3. The molecule has 0 fully saturated rings. The molecule has 1 heterocycles. The maximum atomic E-state index is 11.6. The molecule has 0 saturated heterocycles. The van der Waals surface area contributed by atoms with Gasteiger partial charge >= 0.3 is 5.97 Å². The molecule has 124 valence electrons. The van der Waals surface area contributed by atoms with E-state index >= 15 is 0 Å². The van der Waals surface area contributed by atoms with Crippen LogP contribution in [-0.4, -0.2) is 36.7 Å². The highest BCUT2D eigenvalue weighted by atomic mass is 35.5. The lowest BCUT2D eigenvalue weighted by molar-refractivity contribution is 0.0599. The van der Waals surface area contributed by atoms with Crippen LogP contribution in [0, 0.1) is 6.92 Å². The van der Waals surface area contributed by atoms with E-state index in [4.69, 9.17) is 20.8 Å². The Labute approximate surface area is 140 Å². The van der Waals surface area contributed by atoms with Gasteiger partial charge in [-0.1, -0.05) is 29.8 Å². The van der Waals surface area contributed by atoms with Crippen LogP contribution >= 0.6 is 11.6 Å². The molecule has 1 atom stereocenters. The van der Waals surface area contributed by atoms with Gasteiger partial charge in [0.2, 0.25) is 0 Å². The van der Waals surface area contributed by atoms with Crippen LogP contribution in [0.4, 0.5) is 0 Å². The van der Waals surface area contributed by atoms with Gasteiger partial charge in [0.25, 0.3) is 0 Å². The number of aliphatic hydroxyl groups excluding tert-OH is 1. The first kappa shape index (κ1) is 17.5. The molecule has 1 aromatic carbocycles. The predicted molar refractivity (Wildman–Crippen MR) is 87.5 cm³/mol. The second kappa shape index (κ2) is 7.64. The Bertz CT molecular complexity index is 683. The SMILES string of the molecule is COC(=O)c1cc(CN(C)CC(O)c2ccccc2Cl)oc1C. The van der Waals surface area contributed by atoms with Gasteiger partial charge in [-0.2, -0.15) is 0 Å². The predicted octanol–water partition coefficient (Wildman–Crippen LogP) is 3.19. The summed E-state index contributed by atoms with van der Waals surface area (Å²) in [6.07, 6.45) is -0.704. The lowest BCUT2D eigenvalue weighted by Gasteiger charge is -2.20. The van der Waals surface area contributed by atoms with Crippen molar-refractivity contribution in [2.24, 2.45) is 0 Å². The van der Waals surface area contributed by atoms with Crippen molar-refractivity contribution in [1.29, 1.82) is 0 Å². The summed E-state index contributed by atoms with van der Waals surface area (Å²) in [6, 6.07) is 8.87. The zero-order chi connectivity index (χ0) is 17.0. The van der Waals surface area contributed by atoms with Crippen molar-refractivity contribution in [2.75, 3.05) is 20.7 Å². The number of aryl methyl sites for hydroxylation is 1. The zero-order valence-electron chi connectivity index (χ0n) is 13.4. The van der Waals surface area contributed by atoms with E-state index in [0.29, 0.717) is 40.8 Å². The van der Waals surface area contributed by atoms with Crippen LogP contribution in [0.5, 0.6) is 0 Å². The monoisotopic (exact) mass is 337 g/mol. The summed E-state index contributed by atoms with van der Waals surface area (Å²) in [5.74, 6) is 0.736. The quantitative estimate of drug-likeness (QED) is 0.820. The van der Waals surface area contributed by atoms with E-state index in [-0.39, 0.29) is 0 Å². The number of aliphatic hydroxyl groups is 1. The van der Waals surface area contributed by atoms with Crippen molar-refractivity contribution in [3.63, 3.8) is 0 Å². The molecule has 0 spiro atoms. The van der Waals surface area contributed by atoms with Crippen LogP contribution in [-0.2, 0) is 11.3 Å². The fourth-order valence-corrected chi connectivity index (χ4v) is 2.67. The molecule has 0 bridgehead atoms. The fourth-order valence-electron chi connectivity index (χ4n) is 2.40. The largest absolute Gasteiger partial charge is 0.465 e. The first-order valence-electron chi connectivity index (χ1n) is 7.21. The highest BCUT2D eigenvalue weighted by Gasteiger charge is 2.18. The maximum Gasteiger partial charge on any atom is 0.341 e. The molecular weight excluding hydrogens is 318 g/mol. The van der Waals surface area contributed by atoms with E-state index < -0.39 is 12.1 Å². The van der Waals surface area contributed by atoms with Crippen molar-refractivity contribution < 1.29 is 19.1 Å². The molecule has 0 amide bonds. The van der Waals surface area contributed by atoms with E-state index in [1.165, 1.54) is 7.11 Å². The highest BCUT2D eigenvalue weighted by Crippen LogP contribution is 2.24. The summed E-state index contributed by atoms with van der Waals surface area (Å²) in [4.78, 5) is 13.5. The number of carbonyl (C=O) groups is 1. The molecule has 1 N–H and O–H groups in total. The lowest BCUT2D eigenvalue weighted by atomic mass is 10.1. The van der Waals surface area contributed by atoms with Gasteiger partial charge < -0.3 is 14.3 Å². The van der Waals surface area contributed by atoms with E-state index in [1.54, 1.807) is 25.1 Å². The van der Waals surface area contributed by atoms with Crippen LogP contribution in [0.15, 0.2) is 34.7 Å². The van der Waals surface area contributed by atoms with Gasteiger partial charge in [-0.15, -0.1) is 0 Å². The van der Waals surface area contributed by atoms with Crippen molar-refractivity contribution in [3.05, 3.63) is 58.0 Å². The summed E-state index contributed by atoms with van der Waals surface area (Å²) in [5.41, 5.74) is 1.11. The minimum absolute atomic E-state index is 0.386. The topological polar surface area (TPSA) is 62.9 Å². The van der Waals surface area contributed by atoms with Crippen molar-refractivity contribution >= 4 is 17.6 Å². The van der Waals surface area contributed by atoms with Crippen molar-refractivity contribution in [3.8, 4) is 0 Å². The smallest absolute Gasteiger partial charge is 0.341 e. The van der Waals surface area contributed by atoms with Gasteiger partial charge in [-0.25, -0.2) is 4.79 Å². The number of nitrogens with zero attached hydrogens (tertiary/aromatic N) is 1. The van der Waals surface area contributed by atoms with Gasteiger partial charge in [0, 0.05) is 17.1 Å². The van der Waals surface area contributed by atoms with Gasteiger partial charge in [-0.05, 0) is 26.1 Å². The van der Waals surface area contributed by atoms with E-state index in [1.807, 2.05) is 24.1 Å². The maximum absolute atomic E-state index is 11.6. The molecule has 1 unspecified atom stereocenters. The summed E-state index contributed by atoms with van der Waals surface area (Å²) in [5, 5.41) is 10.8. The molecule has 0 saturated carbocycles. The molecule has 1 aromatic heterocycles. The number of methoxy groups -OCH3 is 1. The highest BCUT2D eigenvalue weighted by molar-refractivity contribution is 6.31. The Hall–Kier alpha value is -1.82. The van der Waals surface area contributed by atoms with E-state index in [0.717, 1.165) is 0 Å². The fraction of sp³-hybridized carbons (Fsp3) is 0.353. The Morgan fingerprint density at radius 3 is 2.78 bits per heavy atom. The molecule has 5 nitrogen and oxygen atoms in total. The third-order valence-corrected chi connectivity index (χ3v) is 3.89. The first-order valence-corrected chi connectivity index (χ1v) is 7.58. The van der Waals surface area contributed by atoms with Gasteiger partial charge in [0.15, 0.2) is 0 Å². The Morgan fingerprint density at radius 1 is 1.43 bits per heavy atom. The van der Waals surface area contributed by atoms with Gasteiger partial charge in [0.1, 0.15) is 17.1 Å². The molecule has 0 aliphatic heterocycles. The van der Waals surface area contributed by atoms with Crippen LogP contribution in [0.1, 0.15) is 33.5 Å². The van der Waals surface area contributed by atoms with E-state index in [9.17, 15) is 9.90 Å². The number of hydrogen-bond donors (Lipinski definition) is 1. The number of benzene rings is 1. The van der Waals surface area contributed by atoms with Crippen LogP contribution in [0.25, 0.3) is 0 Å². The number of halogens is 1. The molecule has 0 aliphatic carbocycles. The van der Waals surface area contributed by atoms with Crippen LogP contribution < -0.4 is 0 Å². The summed E-state index contributed by atoms with van der Waals surface area (Å²) in [7, 11) is 3.19. The lowest BCUT2D eigenvalue weighted by Crippen LogP contribution is -2.24. The Balaban J connectivity index is 2.01. The number of furan rings is 1. The Morgan fingerprint density at radius 2 is 2.13 bits per heavy atom. The molecule has 2 rings (SSSR count). The zero-order valence-corrected chi connectivity index (χ0v) is 14.1. The second-order valence-corrected chi connectivity index (χ2v) is 5.82. The molecule has 2 aromatic rings. The normalized spacial score (nSPS) is 12.4. The summed E-state index contributed by atoms with van der Waals surface area (Å²) < 4.78 is 10.3. The van der Waals surface area contributed by atoms with Crippen molar-refractivity contribution in [1.82, 2.24) is 4.90 Å². The van der Waals surface area contributed by atoms with Crippen LogP contribution in [0.2, 0.25) is 5.02 Å². The van der Waals surface area contributed by atoms with Gasteiger partial charge in [-0.3, -0.25) is 4.90 Å². The van der Waals surface area contributed by atoms with Crippen LogP contribution in [0.3, 0.4) is 0 Å². The van der Waals surface area contributed by atoms with Crippen molar-refractivity contribution in [2.45, 2.75) is 19.6 Å². The van der Waals surface area contributed by atoms with Gasteiger partial charge in [0.05, 0.1) is 19.8 Å². The third kappa shape index (κ3) is 4.34. The number of rotatable bonds is 6. The number of hydrogen-bond acceptors (Lipinski definition) is 5. The number of ether oxygens (including phenoxy) is 1.